The summed E-state index contributed by atoms with van der Waals surface area (Å²) < 4.78 is 13.5. The molecule has 0 bridgehead atoms. The number of likely N-dealkylation sites (tertiary alicyclic amines) is 1. The molecule has 1 aromatic carbocycles. The largest absolute Gasteiger partial charge is 0.358 e. The predicted octanol–water partition coefficient (Wildman–Crippen LogP) is 5.87. The molecule has 26 heavy (non-hydrogen) atoms. The Morgan fingerprint density at radius 1 is 1.31 bits per heavy atom. The second-order valence-corrected chi connectivity index (χ2v) is 9.27. The van der Waals surface area contributed by atoms with E-state index in [9.17, 15) is 0 Å². The van der Waals surface area contributed by atoms with Crippen LogP contribution in [0.3, 0.4) is 0 Å². The third-order valence-corrected chi connectivity index (χ3v) is 7.00. The van der Waals surface area contributed by atoms with Crippen LogP contribution in [0.2, 0.25) is 10.0 Å². The predicted molar refractivity (Wildman–Crippen MR) is 114 cm³/mol. The first kappa shape index (κ1) is 20.7. The number of piperidine rings is 1. The molecule has 0 aromatic heterocycles. The van der Waals surface area contributed by atoms with Crippen molar-refractivity contribution in [1.29, 1.82) is 0 Å². The number of hydrogen-bond donors (Lipinski definition) is 0. The topological polar surface area (TPSA) is 21.7 Å². The third-order valence-electron chi connectivity index (χ3n) is 4.81. The van der Waals surface area contributed by atoms with E-state index in [-0.39, 0.29) is 6.10 Å². The Hall–Kier alpha value is -0.0400. The van der Waals surface area contributed by atoms with Crippen LogP contribution >= 0.6 is 47.2 Å². The van der Waals surface area contributed by atoms with Gasteiger partial charge in [0.2, 0.25) is 5.79 Å². The summed E-state index contributed by atoms with van der Waals surface area (Å²) in [5, 5.41) is 1.17. The van der Waals surface area contributed by atoms with Crippen molar-refractivity contribution < 1.29 is 9.47 Å². The fourth-order valence-corrected chi connectivity index (χ4v) is 5.34. The molecule has 3 nitrogen and oxygen atoms in total. The fourth-order valence-electron chi connectivity index (χ4n) is 3.45. The summed E-state index contributed by atoms with van der Waals surface area (Å²) in [5.41, 5.74) is 0.830. The van der Waals surface area contributed by atoms with E-state index in [1.807, 2.05) is 12.1 Å². The van der Waals surface area contributed by atoms with E-state index in [0.717, 1.165) is 35.8 Å². The van der Waals surface area contributed by atoms with Crippen molar-refractivity contribution in [3.05, 3.63) is 33.8 Å². The van der Waals surface area contributed by atoms with E-state index in [1.54, 1.807) is 17.8 Å². The van der Waals surface area contributed by atoms with Gasteiger partial charge in [0.1, 0.15) is 4.32 Å². The number of halogens is 2. The van der Waals surface area contributed by atoms with Crippen LogP contribution in [0.5, 0.6) is 0 Å². The summed E-state index contributed by atoms with van der Waals surface area (Å²) >= 11 is 19.9. The molecule has 2 heterocycles. The highest BCUT2D eigenvalue weighted by molar-refractivity contribution is 8.22. The summed E-state index contributed by atoms with van der Waals surface area (Å²) in [5.74, 6) is -0.282. The highest BCUT2D eigenvalue weighted by atomic mass is 35.5. The Morgan fingerprint density at radius 2 is 2.08 bits per heavy atom. The normalized spacial score (nSPS) is 26.3. The van der Waals surface area contributed by atoms with Crippen LogP contribution in [0.4, 0.5) is 0 Å². The molecule has 0 amide bonds. The van der Waals surface area contributed by atoms with Gasteiger partial charge in [-0.25, -0.2) is 0 Å². The highest BCUT2D eigenvalue weighted by Crippen LogP contribution is 2.42. The molecule has 0 spiro atoms. The van der Waals surface area contributed by atoms with Crippen LogP contribution in [0.1, 0.15) is 44.6 Å². The van der Waals surface area contributed by atoms with E-state index >= 15 is 0 Å². The Labute approximate surface area is 175 Å². The van der Waals surface area contributed by atoms with Gasteiger partial charge >= 0.3 is 0 Å². The van der Waals surface area contributed by atoms with Gasteiger partial charge in [-0.3, -0.25) is 0 Å². The fraction of sp³-hybridized carbons (Fsp3) is 0.632. The van der Waals surface area contributed by atoms with Gasteiger partial charge in [-0.1, -0.05) is 66.6 Å². The lowest BCUT2D eigenvalue weighted by Crippen LogP contribution is -2.36. The van der Waals surface area contributed by atoms with E-state index in [0.29, 0.717) is 22.4 Å². The summed E-state index contributed by atoms with van der Waals surface area (Å²) in [6.45, 7) is 4.81. The first-order valence-corrected chi connectivity index (χ1v) is 11.4. The molecule has 3 rings (SSSR count). The number of hydrogen-bond acceptors (Lipinski definition) is 4. The molecule has 2 atom stereocenters. The number of thiocarbonyl (C=S) groups is 1. The van der Waals surface area contributed by atoms with E-state index in [2.05, 4.69) is 11.8 Å². The first-order chi connectivity index (χ1) is 12.5. The van der Waals surface area contributed by atoms with Crippen molar-refractivity contribution in [2.75, 3.05) is 25.4 Å². The molecule has 1 aromatic rings. The Kier molecular flexibility index (Phi) is 7.51. The van der Waals surface area contributed by atoms with Crippen LogP contribution in [0, 0.1) is 0 Å². The molecule has 7 heteroatoms. The summed E-state index contributed by atoms with van der Waals surface area (Å²) in [6.07, 6.45) is 5.81. The quantitative estimate of drug-likeness (QED) is 0.540. The SMILES string of the molecule is CCC[C@@H]1CO[C@@](CSC(=S)N2CCCCC2)(c2ccc(Cl)cc2Cl)O1. The smallest absolute Gasteiger partial charge is 0.206 e. The van der Waals surface area contributed by atoms with Crippen molar-refractivity contribution in [3.63, 3.8) is 0 Å². The number of ether oxygens (including phenoxy) is 2. The lowest BCUT2D eigenvalue weighted by Gasteiger charge is -2.32. The molecule has 2 aliphatic heterocycles. The summed E-state index contributed by atoms with van der Waals surface area (Å²) in [7, 11) is 0. The van der Waals surface area contributed by atoms with Gasteiger partial charge < -0.3 is 14.4 Å². The lowest BCUT2D eigenvalue weighted by molar-refractivity contribution is -0.157. The average molecular weight is 434 g/mol. The standard InChI is InChI=1S/C19H25Cl2NO2S2/c1-2-6-15-12-23-19(24-15,16-8-7-14(20)11-17(16)21)13-26-18(25)22-9-4-3-5-10-22/h7-8,11,15H,2-6,9-10,12-13H2,1H3/t15-,19-/m1/s1. The summed E-state index contributed by atoms with van der Waals surface area (Å²) in [4.78, 5) is 2.29. The van der Waals surface area contributed by atoms with Gasteiger partial charge in [0, 0.05) is 23.7 Å². The zero-order chi connectivity index (χ0) is 18.6. The van der Waals surface area contributed by atoms with Crippen LogP contribution < -0.4 is 0 Å². The zero-order valence-corrected chi connectivity index (χ0v) is 18.2. The maximum Gasteiger partial charge on any atom is 0.206 e. The third kappa shape index (κ3) is 4.86. The van der Waals surface area contributed by atoms with Gasteiger partial charge in [-0.15, -0.1) is 0 Å². The van der Waals surface area contributed by atoms with Crippen molar-refractivity contribution in [1.82, 2.24) is 4.90 Å². The highest BCUT2D eigenvalue weighted by Gasteiger charge is 2.44. The average Bonchev–Trinajstić information content (AvgIpc) is 3.05. The van der Waals surface area contributed by atoms with E-state index in [1.165, 1.54) is 19.3 Å². The molecular formula is C19H25Cl2NO2S2. The number of nitrogens with zero attached hydrogens (tertiary/aromatic N) is 1. The minimum Gasteiger partial charge on any atom is -0.358 e. The molecule has 0 aliphatic carbocycles. The molecule has 0 unspecified atom stereocenters. The van der Waals surface area contributed by atoms with Crippen LogP contribution in [-0.2, 0) is 15.3 Å². The maximum atomic E-state index is 6.49. The van der Waals surface area contributed by atoms with Gasteiger partial charge in [-0.2, -0.15) is 0 Å². The van der Waals surface area contributed by atoms with Crippen molar-refractivity contribution in [2.24, 2.45) is 0 Å². The minimum atomic E-state index is -0.869. The van der Waals surface area contributed by atoms with Crippen molar-refractivity contribution in [3.8, 4) is 0 Å². The molecule has 2 aliphatic rings. The second kappa shape index (κ2) is 9.44. The molecule has 2 saturated heterocycles. The van der Waals surface area contributed by atoms with Crippen LogP contribution in [0.15, 0.2) is 18.2 Å². The van der Waals surface area contributed by atoms with Gasteiger partial charge in [0.15, 0.2) is 0 Å². The molecular weight excluding hydrogens is 409 g/mol. The monoisotopic (exact) mass is 433 g/mol. The second-order valence-electron chi connectivity index (χ2n) is 6.82. The Morgan fingerprint density at radius 3 is 2.77 bits per heavy atom. The number of benzene rings is 1. The van der Waals surface area contributed by atoms with E-state index in [4.69, 9.17) is 44.9 Å². The van der Waals surface area contributed by atoms with Crippen molar-refractivity contribution >= 4 is 51.5 Å². The minimum absolute atomic E-state index is 0.0795. The summed E-state index contributed by atoms with van der Waals surface area (Å²) in [6, 6.07) is 5.48. The van der Waals surface area contributed by atoms with E-state index < -0.39 is 5.79 Å². The first-order valence-electron chi connectivity index (χ1n) is 9.23. The molecule has 144 valence electrons. The van der Waals surface area contributed by atoms with Gasteiger partial charge in [0.05, 0.1) is 23.5 Å². The maximum absolute atomic E-state index is 6.49. The molecule has 2 fully saturated rings. The number of rotatable bonds is 5. The molecule has 0 N–H and O–H groups in total. The van der Waals surface area contributed by atoms with Crippen LogP contribution in [-0.4, -0.2) is 40.8 Å². The molecule has 0 radical (unpaired) electrons. The van der Waals surface area contributed by atoms with Gasteiger partial charge in [0.25, 0.3) is 0 Å². The number of thioether (sulfide) groups is 1. The van der Waals surface area contributed by atoms with Gasteiger partial charge in [-0.05, 0) is 37.8 Å². The lowest BCUT2D eigenvalue weighted by atomic mass is 10.1. The Bertz CT molecular complexity index is 640. The Balaban J connectivity index is 1.76. The van der Waals surface area contributed by atoms with Crippen molar-refractivity contribution in [2.45, 2.75) is 50.9 Å². The van der Waals surface area contributed by atoms with Crippen LogP contribution in [0.25, 0.3) is 0 Å². The zero-order valence-electron chi connectivity index (χ0n) is 15.0. The molecule has 0 saturated carbocycles.